The van der Waals surface area contributed by atoms with Crippen molar-refractivity contribution in [2.45, 2.75) is 32.4 Å². The van der Waals surface area contributed by atoms with E-state index in [1.165, 1.54) is 17.5 Å². The summed E-state index contributed by atoms with van der Waals surface area (Å²) in [6, 6.07) is 8.46. The maximum Gasteiger partial charge on any atom is 0.267 e. The average Bonchev–Trinajstić information content (AvgIpc) is 3.14. The zero-order valence-corrected chi connectivity index (χ0v) is 16.5. The van der Waals surface area contributed by atoms with Gasteiger partial charge in [-0.2, -0.15) is 5.10 Å². The van der Waals surface area contributed by atoms with Crippen molar-refractivity contribution in [3.05, 3.63) is 64.7 Å². The highest BCUT2D eigenvalue weighted by molar-refractivity contribution is 5.96. The molecule has 1 fully saturated rings. The van der Waals surface area contributed by atoms with E-state index in [4.69, 9.17) is 0 Å². The van der Waals surface area contributed by atoms with E-state index in [-0.39, 0.29) is 24.2 Å². The van der Waals surface area contributed by atoms with Crippen LogP contribution in [-0.4, -0.2) is 40.8 Å². The fourth-order valence-corrected chi connectivity index (χ4v) is 3.57. The molecule has 1 saturated heterocycles. The van der Waals surface area contributed by atoms with Gasteiger partial charge in [-0.15, -0.1) is 0 Å². The summed E-state index contributed by atoms with van der Waals surface area (Å²) in [7, 11) is 0. The molecule has 2 unspecified atom stereocenters. The maximum absolute atomic E-state index is 13.7. The van der Waals surface area contributed by atoms with Crippen molar-refractivity contribution < 1.29 is 18.4 Å². The van der Waals surface area contributed by atoms with E-state index in [0.29, 0.717) is 12.5 Å². The van der Waals surface area contributed by atoms with E-state index in [1.54, 1.807) is 5.01 Å². The second kappa shape index (κ2) is 7.83. The molecule has 2 atom stereocenters. The number of carbonyl (C=O) groups is 2. The van der Waals surface area contributed by atoms with Crippen LogP contribution in [0.25, 0.3) is 0 Å². The molecule has 156 valence electrons. The number of aryl methyl sites for hydroxylation is 2. The third-order valence-corrected chi connectivity index (χ3v) is 5.39. The molecule has 0 radical (unpaired) electrons. The number of nitrogens with one attached hydrogen (secondary N) is 2. The third-order valence-electron chi connectivity index (χ3n) is 5.39. The molecule has 9 heteroatoms. The number of hydrogen-bond donors (Lipinski definition) is 2. The Morgan fingerprint density at radius 2 is 2.00 bits per heavy atom. The molecule has 30 heavy (non-hydrogen) atoms. The van der Waals surface area contributed by atoms with E-state index in [9.17, 15) is 18.4 Å². The Bertz CT molecular complexity index is 1040. The van der Waals surface area contributed by atoms with Crippen LogP contribution in [0.15, 0.2) is 41.5 Å². The Morgan fingerprint density at radius 1 is 1.20 bits per heavy atom. The highest BCUT2D eigenvalue weighted by Gasteiger charge is 2.41. The number of amides is 2. The van der Waals surface area contributed by atoms with Crippen molar-refractivity contribution in [2.24, 2.45) is 5.10 Å². The minimum absolute atomic E-state index is 0.0493. The zero-order valence-electron chi connectivity index (χ0n) is 16.5. The number of anilines is 1. The van der Waals surface area contributed by atoms with Crippen LogP contribution < -0.4 is 10.7 Å². The molecule has 0 aliphatic carbocycles. The normalized spacial score (nSPS) is 20.5. The number of rotatable bonds is 4. The van der Waals surface area contributed by atoms with Crippen molar-refractivity contribution in [3.8, 4) is 0 Å². The van der Waals surface area contributed by atoms with Crippen LogP contribution in [0.2, 0.25) is 0 Å². The van der Waals surface area contributed by atoms with Gasteiger partial charge in [0.05, 0.1) is 11.7 Å². The van der Waals surface area contributed by atoms with Crippen LogP contribution in [0.1, 0.15) is 29.2 Å². The van der Waals surface area contributed by atoms with Crippen LogP contribution in [-0.2, 0) is 9.59 Å². The summed E-state index contributed by atoms with van der Waals surface area (Å²) < 4.78 is 26.7. The summed E-state index contributed by atoms with van der Waals surface area (Å²) >= 11 is 0. The van der Waals surface area contributed by atoms with E-state index in [0.717, 1.165) is 22.7 Å². The molecule has 2 heterocycles. The summed E-state index contributed by atoms with van der Waals surface area (Å²) in [5.74, 6) is -2.59. The number of halogens is 2. The van der Waals surface area contributed by atoms with Crippen molar-refractivity contribution in [1.29, 1.82) is 0 Å². The molecule has 4 rings (SSSR count). The largest absolute Gasteiger partial charge is 0.322 e. The standard InChI is InChI=1S/C21H21F2N5O2/c1-12-3-4-14(7-13(12)2)18-9-19-21(30)27(24-11-28(19)26-18)10-20(29)25-17-6-5-15(22)8-16(17)23/h3-8,11,18-19,26H,9-10H2,1-2H3,(H,25,29). The molecule has 0 saturated carbocycles. The molecule has 2 aliphatic rings. The fraction of sp³-hybridized carbons (Fsp3) is 0.286. The molecule has 2 N–H and O–H groups in total. The SMILES string of the molecule is Cc1ccc(C2CC3C(=O)N(CC(=O)Nc4ccc(F)cc4F)N=CN3N2)cc1C. The predicted octanol–water partition coefficient (Wildman–Crippen LogP) is 2.63. The minimum Gasteiger partial charge on any atom is -0.322 e. The first kappa shape index (κ1) is 20.0. The number of benzene rings is 2. The smallest absolute Gasteiger partial charge is 0.267 e. The van der Waals surface area contributed by atoms with Gasteiger partial charge in [0.25, 0.3) is 5.91 Å². The fourth-order valence-electron chi connectivity index (χ4n) is 3.57. The first-order chi connectivity index (χ1) is 14.3. The Morgan fingerprint density at radius 3 is 2.73 bits per heavy atom. The quantitative estimate of drug-likeness (QED) is 0.808. The number of nitrogens with zero attached hydrogens (tertiary/aromatic N) is 3. The molecule has 2 aromatic rings. The predicted molar refractivity (Wildman–Crippen MR) is 107 cm³/mol. The van der Waals surface area contributed by atoms with Gasteiger partial charge in [0, 0.05) is 6.07 Å². The van der Waals surface area contributed by atoms with Gasteiger partial charge in [-0.05, 0) is 49.1 Å². The summed E-state index contributed by atoms with van der Waals surface area (Å²) in [5.41, 5.74) is 6.55. The van der Waals surface area contributed by atoms with E-state index < -0.39 is 23.6 Å². The summed E-state index contributed by atoms with van der Waals surface area (Å²) in [5, 5.41) is 9.08. The third kappa shape index (κ3) is 3.88. The summed E-state index contributed by atoms with van der Waals surface area (Å²) in [4.78, 5) is 25.1. The van der Waals surface area contributed by atoms with Gasteiger partial charge in [0.15, 0.2) is 0 Å². The van der Waals surface area contributed by atoms with Gasteiger partial charge in [0.1, 0.15) is 30.6 Å². The average molecular weight is 413 g/mol. The highest BCUT2D eigenvalue weighted by Crippen LogP contribution is 2.30. The van der Waals surface area contributed by atoms with Crippen LogP contribution in [0, 0.1) is 25.5 Å². The molecule has 0 bridgehead atoms. The van der Waals surface area contributed by atoms with Crippen molar-refractivity contribution in [3.63, 3.8) is 0 Å². The number of hydrogen-bond acceptors (Lipinski definition) is 5. The van der Waals surface area contributed by atoms with Crippen LogP contribution in [0.5, 0.6) is 0 Å². The lowest BCUT2D eigenvalue weighted by Gasteiger charge is -2.29. The Balaban J connectivity index is 1.41. The Kier molecular flexibility index (Phi) is 5.21. The molecule has 2 aromatic carbocycles. The van der Waals surface area contributed by atoms with Gasteiger partial charge < -0.3 is 5.32 Å². The first-order valence-electron chi connectivity index (χ1n) is 9.54. The van der Waals surface area contributed by atoms with Gasteiger partial charge >= 0.3 is 0 Å². The Hall–Kier alpha value is -3.33. The number of carbonyl (C=O) groups excluding carboxylic acids is 2. The molecular weight excluding hydrogens is 392 g/mol. The molecular formula is C21H21F2N5O2. The lowest BCUT2D eigenvalue weighted by molar-refractivity contribution is -0.139. The molecule has 0 aromatic heterocycles. The monoisotopic (exact) mass is 413 g/mol. The highest BCUT2D eigenvalue weighted by atomic mass is 19.1. The lowest BCUT2D eigenvalue weighted by Crippen LogP contribution is -2.52. The first-order valence-corrected chi connectivity index (χ1v) is 9.54. The van der Waals surface area contributed by atoms with Crippen LogP contribution >= 0.6 is 0 Å². The number of fused-ring (bicyclic) bond motifs is 1. The summed E-state index contributed by atoms with van der Waals surface area (Å²) in [6.45, 7) is 3.71. The molecule has 2 aliphatic heterocycles. The van der Waals surface area contributed by atoms with Gasteiger partial charge in [-0.3, -0.25) is 14.6 Å². The molecule has 0 spiro atoms. The van der Waals surface area contributed by atoms with E-state index >= 15 is 0 Å². The number of hydrazone groups is 1. The maximum atomic E-state index is 13.7. The van der Waals surface area contributed by atoms with E-state index in [1.807, 2.05) is 26.0 Å². The topological polar surface area (TPSA) is 77.0 Å². The minimum atomic E-state index is -0.890. The van der Waals surface area contributed by atoms with E-state index in [2.05, 4.69) is 21.9 Å². The second-order valence-electron chi connectivity index (χ2n) is 7.48. The van der Waals surface area contributed by atoms with Gasteiger partial charge in [-0.1, -0.05) is 18.2 Å². The van der Waals surface area contributed by atoms with Gasteiger partial charge in [-0.25, -0.2) is 19.2 Å². The lowest BCUT2D eigenvalue weighted by atomic mass is 9.98. The van der Waals surface area contributed by atoms with Crippen molar-refractivity contribution in [1.82, 2.24) is 15.4 Å². The summed E-state index contributed by atoms with van der Waals surface area (Å²) in [6.07, 6.45) is 2.00. The zero-order chi connectivity index (χ0) is 21.4. The van der Waals surface area contributed by atoms with Crippen LogP contribution in [0.4, 0.5) is 14.5 Å². The van der Waals surface area contributed by atoms with Crippen molar-refractivity contribution >= 4 is 23.8 Å². The molecule has 7 nitrogen and oxygen atoms in total. The van der Waals surface area contributed by atoms with Gasteiger partial charge in [0.2, 0.25) is 5.91 Å². The molecule has 2 amide bonds. The van der Waals surface area contributed by atoms with Crippen molar-refractivity contribution in [2.75, 3.05) is 11.9 Å². The Labute approximate surface area is 172 Å². The van der Waals surface area contributed by atoms with Crippen LogP contribution in [0.3, 0.4) is 0 Å². The second-order valence-corrected chi connectivity index (χ2v) is 7.48. The number of hydrazine groups is 1.